The molecule has 1 aromatic carbocycles. The number of carbonyl (C=O) groups is 2. The second-order valence-electron chi connectivity index (χ2n) is 8.25. The number of benzene rings is 1. The Morgan fingerprint density at radius 2 is 1.89 bits per heavy atom. The van der Waals surface area contributed by atoms with Crippen LogP contribution in [0.4, 0.5) is 0 Å². The molecule has 1 aromatic rings. The van der Waals surface area contributed by atoms with E-state index in [0.717, 1.165) is 30.4 Å². The molecule has 2 unspecified atom stereocenters. The maximum atomic E-state index is 13.3. The first-order valence-corrected chi connectivity index (χ1v) is 10.1. The highest BCUT2D eigenvalue weighted by Crippen LogP contribution is 2.38. The minimum atomic E-state index is -0.695. The van der Waals surface area contributed by atoms with Crippen molar-refractivity contribution in [3.63, 3.8) is 0 Å². The Labute approximate surface area is 165 Å². The highest BCUT2D eigenvalue weighted by Gasteiger charge is 2.47. The average Bonchev–Trinajstić information content (AvgIpc) is 3.52. The van der Waals surface area contributed by atoms with E-state index >= 15 is 0 Å². The molecule has 2 saturated carbocycles. The van der Waals surface area contributed by atoms with Crippen molar-refractivity contribution >= 4 is 11.8 Å². The minimum absolute atomic E-state index is 0.0367. The van der Waals surface area contributed by atoms with Crippen LogP contribution < -0.4 is 5.32 Å². The van der Waals surface area contributed by atoms with Crippen molar-refractivity contribution in [2.45, 2.75) is 57.0 Å². The summed E-state index contributed by atoms with van der Waals surface area (Å²) in [6.07, 6.45) is 5.38. The SMILES string of the molecule is N#Cc1cccc2c1CCN(C(=O)C1CCCCC1C(=O)NC1(C#N)CC1)C2. The number of carbonyl (C=O) groups excluding carboxylic acids is 2. The number of nitrogens with one attached hydrogen (secondary N) is 1. The van der Waals surface area contributed by atoms with Gasteiger partial charge in [0.2, 0.25) is 11.8 Å². The number of nitrogens with zero attached hydrogens (tertiary/aromatic N) is 3. The van der Waals surface area contributed by atoms with E-state index in [4.69, 9.17) is 0 Å². The molecule has 0 saturated heterocycles. The predicted molar refractivity (Wildman–Crippen MR) is 101 cm³/mol. The molecule has 2 aliphatic carbocycles. The Bertz CT molecular complexity index is 891. The summed E-state index contributed by atoms with van der Waals surface area (Å²) < 4.78 is 0. The van der Waals surface area contributed by atoms with E-state index in [9.17, 15) is 20.1 Å². The zero-order valence-corrected chi connectivity index (χ0v) is 15.9. The lowest BCUT2D eigenvalue weighted by Crippen LogP contribution is -2.48. The van der Waals surface area contributed by atoms with Crippen molar-refractivity contribution in [2.75, 3.05) is 6.54 Å². The van der Waals surface area contributed by atoms with Gasteiger partial charge in [-0.3, -0.25) is 9.59 Å². The molecule has 2 amide bonds. The van der Waals surface area contributed by atoms with Crippen LogP contribution in [0.3, 0.4) is 0 Å². The van der Waals surface area contributed by atoms with E-state index in [1.54, 1.807) is 0 Å². The van der Waals surface area contributed by atoms with E-state index in [1.165, 1.54) is 0 Å². The Morgan fingerprint density at radius 1 is 1.14 bits per heavy atom. The van der Waals surface area contributed by atoms with Gasteiger partial charge in [-0.1, -0.05) is 25.0 Å². The van der Waals surface area contributed by atoms with Crippen LogP contribution in [0.1, 0.15) is 55.2 Å². The summed E-state index contributed by atoms with van der Waals surface area (Å²) in [5, 5.41) is 21.4. The maximum Gasteiger partial charge on any atom is 0.226 e. The number of amides is 2. The number of rotatable bonds is 3. The molecular formula is C22H24N4O2. The van der Waals surface area contributed by atoms with Crippen LogP contribution in [0.15, 0.2) is 18.2 Å². The van der Waals surface area contributed by atoms with Crippen LogP contribution in [0, 0.1) is 34.5 Å². The van der Waals surface area contributed by atoms with Gasteiger partial charge in [-0.05, 0) is 49.3 Å². The molecule has 6 heteroatoms. The third kappa shape index (κ3) is 3.36. The van der Waals surface area contributed by atoms with Gasteiger partial charge in [-0.25, -0.2) is 0 Å². The second-order valence-corrected chi connectivity index (χ2v) is 8.25. The van der Waals surface area contributed by atoms with Crippen LogP contribution in [-0.2, 0) is 22.6 Å². The molecule has 0 radical (unpaired) electrons. The van der Waals surface area contributed by atoms with Crippen molar-refractivity contribution < 1.29 is 9.59 Å². The number of nitriles is 2. The Morgan fingerprint density at radius 3 is 2.57 bits per heavy atom. The van der Waals surface area contributed by atoms with Crippen LogP contribution in [0.5, 0.6) is 0 Å². The normalized spacial score (nSPS) is 25.0. The maximum absolute atomic E-state index is 13.3. The monoisotopic (exact) mass is 376 g/mol. The Balaban J connectivity index is 1.49. The van der Waals surface area contributed by atoms with Gasteiger partial charge in [0.1, 0.15) is 5.54 Å². The van der Waals surface area contributed by atoms with E-state index in [-0.39, 0.29) is 23.7 Å². The van der Waals surface area contributed by atoms with E-state index in [2.05, 4.69) is 17.5 Å². The van der Waals surface area contributed by atoms with E-state index in [1.807, 2.05) is 23.1 Å². The quantitative estimate of drug-likeness (QED) is 0.876. The third-order valence-electron chi connectivity index (χ3n) is 6.44. The fourth-order valence-corrected chi connectivity index (χ4v) is 4.60. The molecule has 4 rings (SSSR count). The van der Waals surface area contributed by atoms with Crippen molar-refractivity contribution in [2.24, 2.45) is 11.8 Å². The summed E-state index contributed by atoms with van der Waals surface area (Å²) in [4.78, 5) is 28.0. The lowest BCUT2D eigenvalue weighted by Gasteiger charge is -2.36. The fourth-order valence-electron chi connectivity index (χ4n) is 4.60. The van der Waals surface area contributed by atoms with Gasteiger partial charge in [0.25, 0.3) is 0 Å². The van der Waals surface area contributed by atoms with Gasteiger partial charge in [0.15, 0.2) is 0 Å². The summed E-state index contributed by atoms with van der Waals surface area (Å²) in [7, 11) is 0. The molecule has 1 N–H and O–H groups in total. The van der Waals surface area contributed by atoms with E-state index in [0.29, 0.717) is 44.3 Å². The Kier molecular flexibility index (Phi) is 4.81. The molecule has 0 spiro atoms. The molecule has 0 bridgehead atoms. The average molecular weight is 376 g/mol. The van der Waals surface area contributed by atoms with Crippen LogP contribution in [0.2, 0.25) is 0 Å². The summed E-state index contributed by atoms with van der Waals surface area (Å²) in [6.45, 7) is 1.08. The molecule has 144 valence electrons. The molecule has 2 atom stereocenters. The smallest absolute Gasteiger partial charge is 0.226 e. The number of fused-ring (bicyclic) bond motifs is 1. The van der Waals surface area contributed by atoms with Gasteiger partial charge >= 0.3 is 0 Å². The minimum Gasteiger partial charge on any atom is -0.338 e. The third-order valence-corrected chi connectivity index (χ3v) is 6.44. The summed E-state index contributed by atoms with van der Waals surface area (Å²) in [5.41, 5.74) is 2.05. The zero-order chi connectivity index (χ0) is 19.7. The first-order chi connectivity index (χ1) is 13.6. The standard InChI is InChI=1S/C22H24N4O2/c23-12-15-4-3-5-16-13-26(11-8-17(15)16)21(28)19-7-2-1-6-18(19)20(27)25-22(14-24)9-10-22/h3-5,18-19H,1-2,6-11,13H2,(H,25,27). The molecule has 6 nitrogen and oxygen atoms in total. The van der Waals surface area contributed by atoms with Crippen molar-refractivity contribution in [3.8, 4) is 12.1 Å². The van der Waals surface area contributed by atoms with Gasteiger partial charge in [0.05, 0.1) is 17.7 Å². The predicted octanol–water partition coefficient (Wildman–Crippen LogP) is 2.42. The molecule has 28 heavy (non-hydrogen) atoms. The summed E-state index contributed by atoms with van der Waals surface area (Å²) >= 11 is 0. The Hall–Kier alpha value is -2.86. The highest BCUT2D eigenvalue weighted by atomic mass is 16.2. The first-order valence-electron chi connectivity index (χ1n) is 10.1. The van der Waals surface area contributed by atoms with Gasteiger partial charge in [-0.2, -0.15) is 10.5 Å². The van der Waals surface area contributed by atoms with Crippen LogP contribution >= 0.6 is 0 Å². The molecule has 1 heterocycles. The van der Waals surface area contributed by atoms with Gasteiger partial charge < -0.3 is 10.2 Å². The van der Waals surface area contributed by atoms with Crippen LogP contribution in [0.25, 0.3) is 0 Å². The van der Waals surface area contributed by atoms with Crippen LogP contribution in [-0.4, -0.2) is 28.8 Å². The first kappa shape index (κ1) is 18.5. The molecule has 3 aliphatic rings. The molecule has 1 aliphatic heterocycles. The van der Waals surface area contributed by atoms with Crippen molar-refractivity contribution in [3.05, 3.63) is 34.9 Å². The topological polar surface area (TPSA) is 97.0 Å². The van der Waals surface area contributed by atoms with Crippen molar-refractivity contribution in [1.29, 1.82) is 10.5 Å². The molecule has 0 aromatic heterocycles. The summed E-state index contributed by atoms with van der Waals surface area (Å²) in [6, 6.07) is 10.1. The lowest BCUT2D eigenvalue weighted by molar-refractivity contribution is -0.144. The molecular weight excluding hydrogens is 352 g/mol. The zero-order valence-electron chi connectivity index (χ0n) is 15.9. The largest absolute Gasteiger partial charge is 0.338 e. The molecule has 2 fully saturated rings. The van der Waals surface area contributed by atoms with E-state index < -0.39 is 5.54 Å². The summed E-state index contributed by atoms with van der Waals surface area (Å²) in [5.74, 6) is -0.765. The number of hydrogen-bond acceptors (Lipinski definition) is 4. The number of hydrogen-bond donors (Lipinski definition) is 1. The second kappa shape index (κ2) is 7.28. The lowest BCUT2D eigenvalue weighted by atomic mass is 9.77. The van der Waals surface area contributed by atoms with Gasteiger partial charge in [-0.15, -0.1) is 0 Å². The van der Waals surface area contributed by atoms with Gasteiger partial charge in [0, 0.05) is 24.9 Å². The highest BCUT2D eigenvalue weighted by molar-refractivity contribution is 5.89. The fraction of sp³-hybridized carbons (Fsp3) is 0.545. The van der Waals surface area contributed by atoms with Crippen molar-refractivity contribution in [1.82, 2.24) is 10.2 Å².